The van der Waals surface area contributed by atoms with Crippen LogP contribution in [0.4, 0.5) is 0 Å². The van der Waals surface area contributed by atoms with Gasteiger partial charge in [0.05, 0.1) is 15.8 Å². The van der Waals surface area contributed by atoms with E-state index in [9.17, 15) is 10.2 Å². The van der Waals surface area contributed by atoms with Crippen LogP contribution in [0.1, 0.15) is 11.3 Å². The number of aromatic amines is 1. The smallest absolute Gasteiger partial charge is 0.131 e. The van der Waals surface area contributed by atoms with Gasteiger partial charge >= 0.3 is 0 Å². The lowest BCUT2D eigenvalue weighted by molar-refractivity contribution is 0.444. The van der Waals surface area contributed by atoms with E-state index in [4.69, 9.17) is 4.98 Å². The Labute approximate surface area is 142 Å². The summed E-state index contributed by atoms with van der Waals surface area (Å²) in [6, 6.07) is 11.2. The van der Waals surface area contributed by atoms with Crippen LogP contribution in [0, 0.1) is 13.8 Å². The molecule has 2 aromatic heterocycles. The van der Waals surface area contributed by atoms with E-state index >= 15 is 0 Å². The highest BCUT2D eigenvalue weighted by molar-refractivity contribution is 7.21. The molecule has 0 fully saturated rings. The van der Waals surface area contributed by atoms with E-state index in [2.05, 4.69) is 10.2 Å². The fourth-order valence-corrected chi connectivity index (χ4v) is 3.81. The van der Waals surface area contributed by atoms with Gasteiger partial charge in [0, 0.05) is 16.8 Å². The number of benzene rings is 2. The molecule has 4 aromatic rings. The number of para-hydroxylation sites is 1. The maximum Gasteiger partial charge on any atom is 0.131 e. The number of phenols is 2. The SMILES string of the molecule is Cc1[nH]nc(-c2ccc(O)c(C)c2O)c1-c1nc2ccccc2s1. The average Bonchev–Trinajstić information content (AvgIpc) is 3.15. The third kappa shape index (κ3) is 2.15. The Morgan fingerprint density at radius 1 is 1.04 bits per heavy atom. The van der Waals surface area contributed by atoms with E-state index in [1.54, 1.807) is 30.4 Å². The van der Waals surface area contributed by atoms with Gasteiger partial charge in [-0.1, -0.05) is 12.1 Å². The number of phenolic OH excluding ortho intramolecular Hbond substituents is 2. The average molecular weight is 337 g/mol. The Bertz CT molecular complexity index is 1030. The highest BCUT2D eigenvalue weighted by atomic mass is 32.1. The number of hydrogen-bond acceptors (Lipinski definition) is 5. The first kappa shape index (κ1) is 14.7. The van der Waals surface area contributed by atoms with Gasteiger partial charge in [0.2, 0.25) is 0 Å². The van der Waals surface area contributed by atoms with Crippen molar-refractivity contribution < 1.29 is 10.2 Å². The predicted molar refractivity (Wildman–Crippen MR) is 95.4 cm³/mol. The zero-order valence-corrected chi connectivity index (χ0v) is 14.0. The van der Waals surface area contributed by atoms with Gasteiger partial charge in [0.15, 0.2) is 0 Å². The first-order valence-corrected chi connectivity index (χ1v) is 8.30. The Hall–Kier alpha value is -2.86. The molecular weight excluding hydrogens is 322 g/mol. The van der Waals surface area contributed by atoms with Crippen molar-refractivity contribution >= 4 is 21.6 Å². The molecule has 0 bridgehead atoms. The minimum absolute atomic E-state index is 0.0314. The molecule has 0 aliphatic rings. The van der Waals surface area contributed by atoms with Gasteiger partial charge in [-0.3, -0.25) is 5.10 Å². The summed E-state index contributed by atoms with van der Waals surface area (Å²) in [5.74, 6) is 0.0916. The maximum atomic E-state index is 10.4. The molecule has 0 spiro atoms. The Kier molecular flexibility index (Phi) is 3.28. The molecule has 2 heterocycles. The van der Waals surface area contributed by atoms with Gasteiger partial charge < -0.3 is 10.2 Å². The fraction of sp³-hybridized carbons (Fsp3) is 0.111. The highest BCUT2D eigenvalue weighted by Crippen LogP contribution is 2.42. The lowest BCUT2D eigenvalue weighted by Gasteiger charge is -2.08. The molecule has 0 aliphatic carbocycles. The number of nitrogens with zero attached hydrogens (tertiary/aromatic N) is 2. The molecule has 0 unspecified atom stereocenters. The van der Waals surface area contributed by atoms with Gasteiger partial charge in [-0.15, -0.1) is 11.3 Å². The van der Waals surface area contributed by atoms with Gasteiger partial charge in [0.1, 0.15) is 22.2 Å². The van der Waals surface area contributed by atoms with Crippen LogP contribution < -0.4 is 0 Å². The van der Waals surface area contributed by atoms with E-state index < -0.39 is 0 Å². The van der Waals surface area contributed by atoms with Crippen molar-refractivity contribution in [3.05, 3.63) is 47.7 Å². The van der Waals surface area contributed by atoms with Gasteiger partial charge in [-0.05, 0) is 38.1 Å². The quantitative estimate of drug-likeness (QED) is 0.507. The van der Waals surface area contributed by atoms with Crippen molar-refractivity contribution in [2.45, 2.75) is 13.8 Å². The van der Waals surface area contributed by atoms with Crippen LogP contribution in [0.3, 0.4) is 0 Å². The van der Waals surface area contributed by atoms with Crippen LogP contribution in [0.25, 0.3) is 32.0 Å². The summed E-state index contributed by atoms with van der Waals surface area (Å²) in [6.07, 6.45) is 0. The molecular formula is C18H15N3O2S. The molecule has 0 aliphatic heterocycles. The second-order valence-corrected chi connectivity index (χ2v) is 6.70. The lowest BCUT2D eigenvalue weighted by atomic mass is 10.0. The van der Waals surface area contributed by atoms with E-state index in [1.807, 2.05) is 31.2 Å². The number of thiazole rings is 1. The molecule has 24 heavy (non-hydrogen) atoms. The predicted octanol–water partition coefficient (Wildman–Crippen LogP) is 4.38. The molecule has 120 valence electrons. The minimum atomic E-state index is 0.0314. The summed E-state index contributed by atoms with van der Waals surface area (Å²) >= 11 is 1.59. The number of aryl methyl sites for hydroxylation is 1. The summed E-state index contributed by atoms with van der Waals surface area (Å²) in [4.78, 5) is 4.70. The van der Waals surface area contributed by atoms with Crippen LogP contribution in [0.5, 0.6) is 11.5 Å². The second-order valence-electron chi connectivity index (χ2n) is 5.66. The van der Waals surface area contributed by atoms with Crippen LogP contribution in [0.2, 0.25) is 0 Å². The first-order valence-electron chi connectivity index (χ1n) is 7.49. The minimum Gasteiger partial charge on any atom is -0.508 e. The Morgan fingerprint density at radius 2 is 1.83 bits per heavy atom. The zero-order chi connectivity index (χ0) is 16.8. The largest absolute Gasteiger partial charge is 0.508 e. The summed E-state index contributed by atoms with van der Waals surface area (Å²) in [7, 11) is 0. The molecule has 5 nitrogen and oxygen atoms in total. The molecule has 0 saturated carbocycles. The van der Waals surface area contributed by atoms with Crippen molar-refractivity contribution in [2.75, 3.05) is 0 Å². The van der Waals surface area contributed by atoms with Crippen LogP contribution in [-0.2, 0) is 0 Å². The molecule has 0 radical (unpaired) electrons. The maximum absolute atomic E-state index is 10.4. The number of hydrogen-bond donors (Lipinski definition) is 3. The number of fused-ring (bicyclic) bond motifs is 1. The van der Waals surface area contributed by atoms with Gasteiger partial charge in [-0.25, -0.2) is 4.98 Å². The van der Waals surface area contributed by atoms with E-state index in [-0.39, 0.29) is 11.5 Å². The van der Waals surface area contributed by atoms with Crippen molar-refractivity contribution in [1.82, 2.24) is 15.2 Å². The molecule has 0 saturated heterocycles. The fourth-order valence-electron chi connectivity index (χ4n) is 2.75. The normalized spacial score (nSPS) is 11.2. The van der Waals surface area contributed by atoms with E-state index in [1.165, 1.54) is 0 Å². The standard InChI is InChI=1S/C18H15N3O2S/c1-9-13(22)8-7-11(17(9)23)16-15(10(2)20-21-16)18-19-12-5-3-4-6-14(12)24-18/h3-8,22-23H,1-2H3,(H,20,21). The topological polar surface area (TPSA) is 82.0 Å². The number of rotatable bonds is 2. The zero-order valence-electron chi connectivity index (χ0n) is 13.2. The molecule has 4 rings (SSSR count). The molecule has 3 N–H and O–H groups in total. The number of aromatic hydroxyl groups is 2. The Balaban J connectivity index is 1.95. The van der Waals surface area contributed by atoms with Gasteiger partial charge in [0.25, 0.3) is 0 Å². The second kappa shape index (κ2) is 5.35. The monoisotopic (exact) mass is 337 g/mol. The van der Waals surface area contributed by atoms with Crippen LogP contribution >= 0.6 is 11.3 Å². The molecule has 6 heteroatoms. The summed E-state index contributed by atoms with van der Waals surface area (Å²) in [6.45, 7) is 3.60. The van der Waals surface area contributed by atoms with Gasteiger partial charge in [-0.2, -0.15) is 5.10 Å². The molecule has 2 aromatic carbocycles. The van der Waals surface area contributed by atoms with Crippen LogP contribution in [-0.4, -0.2) is 25.4 Å². The Morgan fingerprint density at radius 3 is 2.62 bits per heavy atom. The number of aromatic nitrogens is 3. The summed E-state index contributed by atoms with van der Waals surface area (Å²) in [5.41, 5.74) is 4.33. The number of nitrogens with one attached hydrogen (secondary N) is 1. The first-order chi connectivity index (χ1) is 11.6. The lowest BCUT2D eigenvalue weighted by Crippen LogP contribution is -1.87. The summed E-state index contributed by atoms with van der Waals surface area (Å²) in [5, 5.41) is 28.4. The highest BCUT2D eigenvalue weighted by Gasteiger charge is 2.21. The third-order valence-corrected chi connectivity index (χ3v) is 5.17. The van der Waals surface area contributed by atoms with E-state index in [0.29, 0.717) is 16.8 Å². The van der Waals surface area contributed by atoms with Crippen molar-refractivity contribution in [2.24, 2.45) is 0 Å². The van der Waals surface area contributed by atoms with Crippen molar-refractivity contribution in [3.63, 3.8) is 0 Å². The summed E-state index contributed by atoms with van der Waals surface area (Å²) < 4.78 is 1.10. The van der Waals surface area contributed by atoms with Crippen molar-refractivity contribution in [3.8, 4) is 33.3 Å². The number of H-pyrrole nitrogens is 1. The third-order valence-electron chi connectivity index (χ3n) is 4.11. The van der Waals surface area contributed by atoms with Crippen LogP contribution in [0.15, 0.2) is 36.4 Å². The molecule has 0 atom stereocenters. The van der Waals surface area contributed by atoms with Crippen molar-refractivity contribution in [1.29, 1.82) is 0 Å². The molecule has 0 amide bonds. The van der Waals surface area contributed by atoms with E-state index in [0.717, 1.165) is 26.5 Å².